The predicted octanol–water partition coefficient (Wildman–Crippen LogP) is 3.10. The van der Waals surface area contributed by atoms with Gasteiger partial charge < -0.3 is 10.1 Å². The van der Waals surface area contributed by atoms with Gasteiger partial charge in [0.05, 0.1) is 16.1 Å². The molecule has 10 nitrogen and oxygen atoms in total. The Bertz CT molecular complexity index is 1110. The molecule has 33 heavy (non-hydrogen) atoms. The number of esters is 1. The number of rotatable bonds is 8. The second kappa shape index (κ2) is 9.60. The quantitative estimate of drug-likeness (QED) is 0.281. The molecule has 2 atom stereocenters. The number of nitrogens with one attached hydrogen (secondary N) is 1. The summed E-state index contributed by atoms with van der Waals surface area (Å²) >= 11 is 0. The molecule has 1 aliphatic heterocycles. The SMILES string of the molecule is CC[C@H](C)[C@@H](C(=O)OCC(=O)Nc1ccc(C)cc1[N+](=O)[O-])N1C(=O)c2ccccc2C1=O. The van der Waals surface area contributed by atoms with Crippen LogP contribution in [0.4, 0.5) is 11.4 Å². The van der Waals surface area contributed by atoms with Crippen LogP contribution in [0.1, 0.15) is 46.5 Å². The van der Waals surface area contributed by atoms with Crippen molar-refractivity contribution in [2.24, 2.45) is 5.92 Å². The first kappa shape index (κ1) is 23.6. The van der Waals surface area contributed by atoms with Gasteiger partial charge in [-0.05, 0) is 36.6 Å². The first-order chi connectivity index (χ1) is 15.6. The number of aryl methyl sites for hydroxylation is 1. The number of imide groups is 1. The van der Waals surface area contributed by atoms with Crippen molar-refractivity contribution in [3.05, 3.63) is 69.3 Å². The van der Waals surface area contributed by atoms with E-state index >= 15 is 0 Å². The number of anilines is 1. The summed E-state index contributed by atoms with van der Waals surface area (Å²) in [5.74, 6) is -3.33. The second-order valence-corrected chi connectivity index (χ2v) is 7.79. The molecule has 0 unspecified atom stereocenters. The van der Waals surface area contributed by atoms with Gasteiger partial charge in [0.1, 0.15) is 11.7 Å². The highest BCUT2D eigenvalue weighted by molar-refractivity contribution is 6.22. The summed E-state index contributed by atoms with van der Waals surface area (Å²) in [4.78, 5) is 62.3. The molecule has 172 valence electrons. The number of benzene rings is 2. The van der Waals surface area contributed by atoms with Gasteiger partial charge in [0.15, 0.2) is 6.61 Å². The molecule has 2 aromatic rings. The largest absolute Gasteiger partial charge is 0.454 e. The molecule has 0 spiro atoms. The highest BCUT2D eigenvalue weighted by Crippen LogP contribution is 2.29. The number of fused-ring (bicyclic) bond motifs is 1. The summed E-state index contributed by atoms with van der Waals surface area (Å²) in [7, 11) is 0. The Balaban J connectivity index is 1.73. The number of nitro groups is 1. The molecule has 1 heterocycles. The number of hydrogen-bond acceptors (Lipinski definition) is 7. The van der Waals surface area contributed by atoms with Gasteiger partial charge in [-0.2, -0.15) is 0 Å². The monoisotopic (exact) mass is 453 g/mol. The van der Waals surface area contributed by atoms with Crippen LogP contribution in [0.15, 0.2) is 42.5 Å². The molecule has 3 rings (SSSR count). The lowest BCUT2D eigenvalue weighted by molar-refractivity contribution is -0.384. The van der Waals surface area contributed by atoms with E-state index in [1.807, 2.05) is 0 Å². The van der Waals surface area contributed by atoms with Crippen LogP contribution < -0.4 is 5.32 Å². The number of hydrogen-bond donors (Lipinski definition) is 1. The summed E-state index contributed by atoms with van der Waals surface area (Å²) in [6.07, 6.45) is 0.467. The summed E-state index contributed by atoms with van der Waals surface area (Å²) in [6, 6.07) is 9.33. The summed E-state index contributed by atoms with van der Waals surface area (Å²) in [6.45, 7) is 4.44. The fourth-order valence-corrected chi connectivity index (χ4v) is 3.58. The maximum atomic E-state index is 12.9. The summed E-state index contributed by atoms with van der Waals surface area (Å²) in [5.41, 5.74) is 0.716. The van der Waals surface area contributed by atoms with Crippen LogP contribution in [0.25, 0.3) is 0 Å². The average molecular weight is 453 g/mol. The third-order valence-electron chi connectivity index (χ3n) is 5.50. The number of ether oxygens (including phenoxy) is 1. The zero-order chi connectivity index (χ0) is 24.3. The topological polar surface area (TPSA) is 136 Å². The maximum Gasteiger partial charge on any atom is 0.330 e. The minimum absolute atomic E-state index is 0.0366. The van der Waals surface area contributed by atoms with Crippen molar-refractivity contribution in [3.8, 4) is 0 Å². The Labute approximate surface area is 189 Å². The molecule has 0 aromatic heterocycles. The Morgan fingerprint density at radius 3 is 2.27 bits per heavy atom. The molecule has 1 aliphatic rings. The molecule has 0 fully saturated rings. The van der Waals surface area contributed by atoms with Gasteiger partial charge in [0.2, 0.25) is 0 Å². The average Bonchev–Trinajstić information content (AvgIpc) is 3.04. The van der Waals surface area contributed by atoms with Crippen molar-refractivity contribution < 1.29 is 28.8 Å². The number of amides is 3. The van der Waals surface area contributed by atoms with E-state index in [9.17, 15) is 29.3 Å². The van der Waals surface area contributed by atoms with Crippen LogP contribution >= 0.6 is 0 Å². The first-order valence-corrected chi connectivity index (χ1v) is 10.3. The van der Waals surface area contributed by atoms with Crippen molar-refractivity contribution in [1.82, 2.24) is 4.90 Å². The zero-order valence-electron chi connectivity index (χ0n) is 18.4. The van der Waals surface area contributed by atoms with Crippen molar-refractivity contribution in [3.63, 3.8) is 0 Å². The van der Waals surface area contributed by atoms with Crippen molar-refractivity contribution >= 4 is 35.1 Å². The Morgan fingerprint density at radius 1 is 1.12 bits per heavy atom. The molecule has 2 aromatic carbocycles. The smallest absolute Gasteiger partial charge is 0.330 e. The third-order valence-corrected chi connectivity index (χ3v) is 5.50. The highest BCUT2D eigenvalue weighted by atomic mass is 16.6. The van der Waals surface area contributed by atoms with Gasteiger partial charge in [-0.3, -0.25) is 29.4 Å². The fourth-order valence-electron chi connectivity index (χ4n) is 3.58. The molecule has 0 bridgehead atoms. The number of nitro benzene ring substituents is 1. The van der Waals surface area contributed by atoms with Gasteiger partial charge in [0.25, 0.3) is 23.4 Å². The van der Waals surface area contributed by atoms with Crippen LogP contribution in [0.3, 0.4) is 0 Å². The van der Waals surface area contributed by atoms with Crippen LogP contribution in [0, 0.1) is 23.0 Å². The molecule has 3 amide bonds. The number of carbonyl (C=O) groups excluding carboxylic acids is 4. The Kier molecular flexibility index (Phi) is 6.86. The van der Waals surface area contributed by atoms with Crippen LogP contribution in [-0.2, 0) is 14.3 Å². The first-order valence-electron chi connectivity index (χ1n) is 10.3. The molecular weight excluding hydrogens is 430 g/mol. The van der Waals surface area contributed by atoms with Crippen molar-refractivity contribution in [2.45, 2.75) is 33.2 Å². The van der Waals surface area contributed by atoms with Gasteiger partial charge in [-0.25, -0.2) is 4.79 Å². The van der Waals surface area contributed by atoms with E-state index in [2.05, 4.69) is 5.32 Å². The number of nitrogens with zero attached hydrogens (tertiary/aromatic N) is 2. The van der Waals surface area contributed by atoms with Crippen LogP contribution in [-0.4, -0.2) is 46.2 Å². The highest BCUT2D eigenvalue weighted by Gasteiger charge is 2.45. The van der Waals surface area contributed by atoms with E-state index in [1.54, 1.807) is 39.0 Å². The van der Waals surface area contributed by atoms with Gasteiger partial charge in [-0.15, -0.1) is 0 Å². The molecule has 1 N–H and O–H groups in total. The number of carbonyl (C=O) groups is 4. The molecule has 0 aliphatic carbocycles. The molecule has 0 saturated heterocycles. The molecular formula is C23H23N3O7. The van der Waals surface area contributed by atoms with E-state index in [-0.39, 0.29) is 22.5 Å². The molecule has 0 saturated carbocycles. The van der Waals surface area contributed by atoms with E-state index in [1.165, 1.54) is 24.3 Å². The standard InChI is InChI=1S/C23H23N3O7/c1-4-14(3)20(25-21(28)15-7-5-6-8-16(15)22(25)29)23(30)33-12-19(27)24-17-10-9-13(2)11-18(17)26(31)32/h5-11,14,20H,4,12H2,1-3H3,(H,24,27)/t14-,20-/m0/s1. The third kappa shape index (κ3) is 4.74. The van der Waals surface area contributed by atoms with E-state index in [0.29, 0.717) is 12.0 Å². The predicted molar refractivity (Wildman–Crippen MR) is 118 cm³/mol. The molecule has 10 heteroatoms. The lowest BCUT2D eigenvalue weighted by Crippen LogP contribution is -2.49. The summed E-state index contributed by atoms with van der Waals surface area (Å²) < 4.78 is 5.13. The van der Waals surface area contributed by atoms with E-state index < -0.39 is 47.2 Å². The Morgan fingerprint density at radius 2 is 1.73 bits per heavy atom. The minimum atomic E-state index is -1.22. The van der Waals surface area contributed by atoms with Gasteiger partial charge in [0, 0.05) is 6.07 Å². The lowest BCUT2D eigenvalue weighted by atomic mass is 9.97. The fraction of sp³-hybridized carbons (Fsp3) is 0.304. The lowest BCUT2D eigenvalue weighted by Gasteiger charge is -2.28. The second-order valence-electron chi connectivity index (χ2n) is 7.79. The normalized spacial score (nSPS) is 14.5. The van der Waals surface area contributed by atoms with E-state index in [0.717, 1.165) is 4.90 Å². The van der Waals surface area contributed by atoms with Crippen LogP contribution in [0.2, 0.25) is 0 Å². The minimum Gasteiger partial charge on any atom is -0.454 e. The van der Waals surface area contributed by atoms with Gasteiger partial charge in [-0.1, -0.05) is 38.5 Å². The molecule has 0 radical (unpaired) electrons. The van der Waals surface area contributed by atoms with Gasteiger partial charge >= 0.3 is 5.97 Å². The summed E-state index contributed by atoms with van der Waals surface area (Å²) in [5, 5.41) is 13.6. The van der Waals surface area contributed by atoms with Crippen molar-refractivity contribution in [1.29, 1.82) is 0 Å². The van der Waals surface area contributed by atoms with Crippen LogP contribution in [0.5, 0.6) is 0 Å². The van der Waals surface area contributed by atoms with Crippen molar-refractivity contribution in [2.75, 3.05) is 11.9 Å². The van der Waals surface area contributed by atoms with E-state index in [4.69, 9.17) is 4.74 Å². The maximum absolute atomic E-state index is 12.9. The Hall–Kier alpha value is -4.08. The zero-order valence-corrected chi connectivity index (χ0v) is 18.4.